The molecular weight excluding hydrogens is 234 g/mol. The molecule has 1 aromatic rings. The first-order valence-corrected chi connectivity index (χ1v) is 5.89. The monoisotopic (exact) mass is 251 g/mol. The number of rotatable bonds is 5. The Morgan fingerprint density at radius 2 is 2.28 bits per heavy atom. The van der Waals surface area contributed by atoms with E-state index >= 15 is 0 Å². The van der Waals surface area contributed by atoms with Gasteiger partial charge in [-0.1, -0.05) is 0 Å². The van der Waals surface area contributed by atoms with Gasteiger partial charge in [0.15, 0.2) is 0 Å². The van der Waals surface area contributed by atoms with E-state index in [1.807, 2.05) is 11.9 Å². The largest absolute Gasteiger partial charge is 0.351 e. The third-order valence-electron chi connectivity index (χ3n) is 3.45. The van der Waals surface area contributed by atoms with Gasteiger partial charge in [0.1, 0.15) is 5.82 Å². The lowest BCUT2D eigenvalue weighted by Crippen LogP contribution is -2.32. The quantitative estimate of drug-likeness (QED) is 0.467. The average Bonchev–Trinajstić information content (AvgIpc) is 3.20. The third-order valence-corrected chi connectivity index (χ3v) is 3.45. The summed E-state index contributed by atoms with van der Waals surface area (Å²) in [5, 5.41) is 11.0. The fourth-order valence-corrected chi connectivity index (χ4v) is 2.01. The normalized spacial score (nSPS) is 16.2. The van der Waals surface area contributed by atoms with Gasteiger partial charge >= 0.3 is 5.69 Å². The van der Waals surface area contributed by atoms with Crippen LogP contribution in [0.3, 0.4) is 0 Å². The predicted molar refractivity (Wildman–Crippen MR) is 69.3 cm³/mol. The molecule has 0 aliphatic heterocycles. The second-order valence-corrected chi connectivity index (χ2v) is 4.63. The second kappa shape index (κ2) is 4.77. The Balaban J connectivity index is 2.35. The summed E-state index contributed by atoms with van der Waals surface area (Å²) in [6.07, 6.45) is 2.35. The van der Waals surface area contributed by atoms with Gasteiger partial charge in [-0.3, -0.25) is 10.1 Å². The van der Waals surface area contributed by atoms with Crippen LogP contribution in [0.4, 0.5) is 17.3 Å². The summed E-state index contributed by atoms with van der Waals surface area (Å²) in [7, 11) is 1.83. The van der Waals surface area contributed by atoms with Crippen LogP contribution in [0.15, 0.2) is 12.1 Å². The Bertz CT molecular complexity index is 461. The van der Waals surface area contributed by atoms with Crippen LogP contribution in [0.25, 0.3) is 0 Å². The molecule has 0 amide bonds. The van der Waals surface area contributed by atoms with Gasteiger partial charge in [-0.2, -0.15) is 0 Å². The zero-order valence-electron chi connectivity index (χ0n) is 10.5. The lowest BCUT2D eigenvalue weighted by atomic mass is 10.2. The smallest absolute Gasteiger partial charge is 0.311 e. The molecule has 1 heterocycles. The maximum Gasteiger partial charge on any atom is 0.311 e. The highest BCUT2D eigenvalue weighted by Gasteiger charge is 2.33. The molecule has 2 rings (SSSR count). The van der Waals surface area contributed by atoms with Gasteiger partial charge in [-0.25, -0.2) is 10.8 Å². The maximum absolute atomic E-state index is 11.0. The van der Waals surface area contributed by atoms with Crippen molar-refractivity contribution in [2.75, 3.05) is 17.4 Å². The van der Waals surface area contributed by atoms with E-state index in [0.29, 0.717) is 17.6 Å². The van der Waals surface area contributed by atoms with Crippen LogP contribution in [0.5, 0.6) is 0 Å². The summed E-state index contributed by atoms with van der Waals surface area (Å²) >= 11 is 0. The van der Waals surface area contributed by atoms with Crippen LogP contribution >= 0.6 is 0 Å². The lowest BCUT2D eigenvalue weighted by Gasteiger charge is -2.25. The molecule has 3 N–H and O–H groups in total. The highest BCUT2D eigenvalue weighted by atomic mass is 16.6. The topological polar surface area (TPSA) is 97.3 Å². The van der Waals surface area contributed by atoms with Crippen molar-refractivity contribution in [1.29, 1.82) is 0 Å². The van der Waals surface area contributed by atoms with Gasteiger partial charge in [0, 0.05) is 19.2 Å². The van der Waals surface area contributed by atoms with Crippen LogP contribution in [-0.2, 0) is 0 Å². The molecule has 1 aromatic heterocycles. The summed E-state index contributed by atoms with van der Waals surface area (Å²) in [6, 6.07) is 3.16. The summed E-state index contributed by atoms with van der Waals surface area (Å²) < 4.78 is 0. The molecule has 98 valence electrons. The van der Waals surface area contributed by atoms with E-state index in [9.17, 15) is 10.1 Å². The van der Waals surface area contributed by atoms with Gasteiger partial charge in [0.25, 0.3) is 0 Å². The molecule has 0 aromatic carbocycles. The minimum Gasteiger partial charge on any atom is -0.351 e. The molecule has 1 aliphatic rings. The van der Waals surface area contributed by atoms with Crippen LogP contribution in [0.2, 0.25) is 0 Å². The summed E-state index contributed by atoms with van der Waals surface area (Å²) in [6.45, 7) is 2.06. The molecule has 7 nitrogen and oxygen atoms in total. The molecule has 1 atom stereocenters. The first kappa shape index (κ1) is 12.6. The fourth-order valence-electron chi connectivity index (χ4n) is 2.01. The standard InChI is InChI=1S/C11H17N5O2/c1-7(8-3-4-8)15(2)11-9(16(17)18)5-6-10(13-11)14-12/h5-8H,3-4,12H2,1-2H3,(H,13,14). The van der Waals surface area contributed by atoms with Gasteiger partial charge < -0.3 is 10.3 Å². The Kier molecular flexibility index (Phi) is 3.33. The fraction of sp³-hybridized carbons (Fsp3) is 0.545. The maximum atomic E-state index is 11.0. The molecule has 1 unspecified atom stereocenters. The first-order chi connectivity index (χ1) is 8.54. The third kappa shape index (κ3) is 2.35. The van der Waals surface area contributed by atoms with Gasteiger partial charge in [0.05, 0.1) is 4.92 Å². The van der Waals surface area contributed by atoms with Crippen molar-refractivity contribution < 1.29 is 4.92 Å². The molecule has 0 bridgehead atoms. The molecular formula is C11H17N5O2. The number of pyridine rings is 1. The summed E-state index contributed by atoms with van der Waals surface area (Å²) in [5.41, 5.74) is 2.42. The van der Waals surface area contributed by atoms with Crippen LogP contribution in [0, 0.1) is 16.0 Å². The van der Waals surface area contributed by atoms with E-state index in [4.69, 9.17) is 5.84 Å². The van der Waals surface area contributed by atoms with Crippen molar-refractivity contribution in [3.8, 4) is 0 Å². The number of nitrogens with one attached hydrogen (secondary N) is 1. The minimum absolute atomic E-state index is 0.00370. The molecule has 7 heteroatoms. The molecule has 0 spiro atoms. The molecule has 1 fully saturated rings. The molecule has 0 radical (unpaired) electrons. The Hall–Kier alpha value is -1.89. The highest BCUT2D eigenvalue weighted by Crippen LogP contribution is 2.38. The van der Waals surface area contributed by atoms with Crippen molar-refractivity contribution in [2.45, 2.75) is 25.8 Å². The zero-order valence-corrected chi connectivity index (χ0v) is 10.5. The summed E-state index contributed by atoms with van der Waals surface area (Å²) in [5.74, 6) is 6.67. The number of nitrogen functional groups attached to an aromatic ring is 1. The number of hydrogen-bond acceptors (Lipinski definition) is 6. The number of nitrogens with two attached hydrogens (primary N) is 1. The molecule has 1 saturated carbocycles. The van der Waals surface area contributed by atoms with Crippen molar-refractivity contribution >= 4 is 17.3 Å². The van der Waals surface area contributed by atoms with E-state index in [1.54, 1.807) is 0 Å². The molecule has 18 heavy (non-hydrogen) atoms. The van der Waals surface area contributed by atoms with Crippen LogP contribution in [0.1, 0.15) is 19.8 Å². The summed E-state index contributed by atoms with van der Waals surface area (Å²) in [4.78, 5) is 16.7. The van der Waals surface area contributed by atoms with E-state index in [2.05, 4.69) is 17.3 Å². The molecule has 1 aliphatic carbocycles. The van der Waals surface area contributed by atoms with Gasteiger partial charge in [-0.05, 0) is 31.7 Å². The van der Waals surface area contributed by atoms with Crippen molar-refractivity contribution in [2.24, 2.45) is 11.8 Å². The van der Waals surface area contributed by atoms with Crippen molar-refractivity contribution in [3.05, 3.63) is 22.2 Å². The Labute approximate surface area is 105 Å². The number of aromatic nitrogens is 1. The van der Waals surface area contributed by atoms with E-state index in [1.165, 1.54) is 25.0 Å². The SMILES string of the molecule is CC(C1CC1)N(C)c1nc(NN)ccc1[N+](=O)[O-]. The zero-order chi connectivity index (χ0) is 13.3. The van der Waals surface area contributed by atoms with Crippen LogP contribution < -0.4 is 16.2 Å². The lowest BCUT2D eigenvalue weighted by molar-refractivity contribution is -0.384. The number of anilines is 2. The van der Waals surface area contributed by atoms with E-state index in [-0.39, 0.29) is 11.7 Å². The number of hydrogen-bond donors (Lipinski definition) is 2. The number of nitrogens with zero attached hydrogens (tertiary/aromatic N) is 3. The van der Waals surface area contributed by atoms with Gasteiger partial charge in [-0.15, -0.1) is 0 Å². The van der Waals surface area contributed by atoms with E-state index in [0.717, 1.165) is 0 Å². The number of hydrazine groups is 1. The molecule has 0 saturated heterocycles. The predicted octanol–water partition coefficient (Wildman–Crippen LogP) is 1.51. The number of nitro groups is 1. The Morgan fingerprint density at radius 3 is 2.78 bits per heavy atom. The average molecular weight is 251 g/mol. The first-order valence-electron chi connectivity index (χ1n) is 5.89. The van der Waals surface area contributed by atoms with Crippen molar-refractivity contribution in [1.82, 2.24) is 4.98 Å². The Morgan fingerprint density at radius 1 is 1.61 bits per heavy atom. The highest BCUT2D eigenvalue weighted by molar-refractivity contribution is 5.61. The minimum atomic E-state index is -0.418. The van der Waals surface area contributed by atoms with Crippen LogP contribution in [-0.4, -0.2) is 23.0 Å². The van der Waals surface area contributed by atoms with E-state index < -0.39 is 4.92 Å². The van der Waals surface area contributed by atoms with Crippen molar-refractivity contribution in [3.63, 3.8) is 0 Å². The second-order valence-electron chi connectivity index (χ2n) is 4.63. The van der Waals surface area contributed by atoms with Gasteiger partial charge in [0.2, 0.25) is 5.82 Å².